The fraction of sp³-hybridized carbons (Fsp3) is 0.444. The molecule has 3 aliphatic rings. The zero-order valence-electron chi connectivity index (χ0n) is 13.5. The third-order valence-electron chi connectivity index (χ3n) is 5.13. The summed E-state index contributed by atoms with van der Waals surface area (Å²) in [6.07, 6.45) is 2.34. The monoisotopic (exact) mass is 312 g/mol. The van der Waals surface area contributed by atoms with E-state index in [9.17, 15) is 9.59 Å². The highest BCUT2D eigenvalue weighted by molar-refractivity contribution is 6.42. The molecule has 0 unspecified atom stereocenters. The molecule has 0 radical (unpaired) electrons. The van der Waals surface area contributed by atoms with E-state index in [0.29, 0.717) is 11.5 Å². The van der Waals surface area contributed by atoms with E-state index in [0.717, 1.165) is 24.0 Å². The number of para-hydroxylation sites is 1. The lowest BCUT2D eigenvalue weighted by Gasteiger charge is -2.41. The first-order valence-corrected chi connectivity index (χ1v) is 8.21. The summed E-state index contributed by atoms with van der Waals surface area (Å²) >= 11 is 0. The highest BCUT2D eigenvalue weighted by atomic mass is 16.5. The van der Waals surface area contributed by atoms with Gasteiger partial charge in [-0.25, -0.2) is 4.79 Å². The van der Waals surface area contributed by atoms with E-state index in [1.807, 2.05) is 13.1 Å². The number of hydrogen-bond donors (Lipinski definition) is 0. The number of ether oxygens (including phenoxy) is 1. The maximum atomic E-state index is 12.5. The van der Waals surface area contributed by atoms with Gasteiger partial charge in [0, 0.05) is 31.1 Å². The van der Waals surface area contributed by atoms with Crippen molar-refractivity contribution in [3.05, 3.63) is 29.3 Å². The minimum Gasteiger partial charge on any atom is -0.460 e. The molecule has 120 valence electrons. The molecular formula is C18H20N2O3. The molecule has 5 nitrogen and oxygen atoms in total. The number of aromatic nitrogens is 1. The Balaban J connectivity index is 1.94. The molecule has 1 saturated heterocycles. The van der Waals surface area contributed by atoms with Gasteiger partial charge in [-0.2, -0.15) is 0 Å². The molecule has 0 aliphatic carbocycles. The van der Waals surface area contributed by atoms with Gasteiger partial charge in [0.2, 0.25) is 0 Å². The fourth-order valence-electron chi connectivity index (χ4n) is 4.18. The third-order valence-corrected chi connectivity index (χ3v) is 5.13. The summed E-state index contributed by atoms with van der Waals surface area (Å²) in [7, 11) is 1.99. The molecule has 5 heteroatoms. The summed E-state index contributed by atoms with van der Waals surface area (Å²) < 4.78 is 6.98. The van der Waals surface area contributed by atoms with Crippen LogP contribution >= 0.6 is 0 Å². The number of Topliss-reactive ketones (excluding diaryl/α,β-unsaturated/α-hetero) is 1. The average Bonchev–Trinajstić information content (AvgIpc) is 2.91. The summed E-state index contributed by atoms with van der Waals surface area (Å²) in [4.78, 5) is 26.8. The number of carbonyl (C=O) groups excluding carboxylic acids is 2. The number of anilines is 1. The van der Waals surface area contributed by atoms with Gasteiger partial charge >= 0.3 is 5.97 Å². The van der Waals surface area contributed by atoms with Crippen LogP contribution in [-0.2, 0) is 16.6 Å². The quantitative estimate of drug-likeness (QED) is 0.497. The Bertz CT molecular complexity index is 813. The van der Waals surface area contributed by atoms with Crippen molar-refractivity contribution in [1.82, 2.24) is 4.57 Å². The van der Waals surface area contributed by atoms with Crippen molar-refractivity contribution in [3.63, 3.8) is 0 Å². The maximum Gasteiger partial charge on any atom is 0.379 e. The van der Waals surface area contributed by atoms with Crippen molar-refractivity contribution in [2.24, 2.45) is 7.05 Å². The third kappa shape index (κ3) is 1.92. The van der Waals surface area contributed by atoms with E-state index in [2.05, 4.69) is 15.5 Å². The van der Waals surface area contributed by atoms with Crippen LogP contribution in [0, 0.1) is 0 Å². The number of ketones is 1. The first-order valence-electron chi connectivity index (χ1n) is 8.21. The zero-order valence-corrected chi connectivity index (χ0v) is 13.5. The van der Waals surface area contributed by atoms with Crippen molar-refractivity contribution in [2.45, 2.75) is 25.7 Å². The Kier molecular flexibility index (Phi) is 3.18. The predicted octanol–water partition coefficient (Wildman–Crippen LogP) is 2.62. The normalized spacial score (nSPS) is 16.7. The Morgan fingerprint density at radius 2 is 2.00 bits per heavy atom. The standard InChI is InChI=1S/C18H20N2O3/c1-3-23-18(22)16(21)13-6-4-5-12-14-11-7-9-20(10-8-11)17(14)19(2)15(12)13/h4-6,11H,3,7-10H2,1-2H3. The van der Waals surface area contributed by atoms with Gasteiger partial charge in [-0.05, 0) is 31.7 Å². The van der Waals surface area contributed by atoms with E-state index < -0.39 is 11.8 Å². The molecule has 1 aromatic carbocycles. The van der Waals surface area contributed by atoms with E-state index >= 15 is 0 Å². The molecule has 0 amide bonds. The van der Waals surface area contributed by atoms with Crippen molar-refractivity contribution < 1.29 is 14.3 Å². The van der Waals surface area contributed by atoms with Crippen molar-refractivity contribution in [2.75, 3.05) is 24.6 Å². The molecule has 3 aliphatic heterocycles. The SMILES string of the molecule is CCOC(=O)C(=O)c1cccc2c3c(n(C)c12)N1CCC3CC1. The summed E-state index contributed by atoms with van der Waals surface area (Å²) in [6, 6.07) is 5.66. The number of aryl methyl sites for hydroxylation is 1. The lowest BCUT2D eigenvalue weighted by atomic mass is 9.84. The molecule has 0 saturated carbocycles. The summed E-state index contributed by atoms with van der Waals surface area (Å²) in [5.41, 5.74) is 2.64. The largest absolute Gasteiger partial charge is 0.460 e. The van der Waals surface area contributed by atoms with Crippen molar-refractivity contribution in [1.29, 1.82) is 0 Å². The van der Waals surface area contributed by atoms with Gasteiger partial charge in [0.05, 0.1) is 17.7 Å². The second-order valence-electron chi connectivity index (χ2n) is 6.31. The number of benzene rings is 1. The molecular weight excluding hydrogens is 292 g/mol. The Morgan fingerprint density at radius 1 is 1.26 bits per heavy atom. The molecule has 2 bridgehead atoms. The Morgan fingerprint density at radius 3 is 2.70 bits per heavy atom. The molecule has 23 heavy (non-hydrogen) atoms. The lowest BCUT2D eigenvalue weighted by Crippen LogP contribution is -2.39. The van der Waals surface area contributed by atoms with E-state index in [1.165, 1.54) is 24.2 Å². The van der Waals surface area contributed by atoms with E-state index in [4.69, 9.17) is 4.74 Å². The van der Waals surface area contributed by atoms with Crippen LogP contribution in [0.3, 0.4) is 0 Å². The first-order chi connectivity index (χ1) is 11.1. The molecule has 1 aromatic heterocycles. The molecule has 0 N–H and O–H groups in total. The Labute approximate surface area is 134 Å². The first kappa shape index (κ1) is 14.3. The van der Waals surface area contributed by atoms with Crippen LogP contribution in [0.1, 0.15) is 41.6 Å². The molecule has 1 fully saturated rings. The van der Waals surface area contributed by atoms with Crippen LogP contribution in [0.15, 0.2) is 18.2 Å². The molecule has 0 atom stereocenters. The fourth-order valence-corrected chi connectivity index (χ4v) is 4.18. The summed E-state index contributed by atoms with van der Waals surface area (Å²) in [5.74, 6) is 0.443. The van der Waals surface area contributed by atoms with Gasteiger partial charge in [-0.1, -0.05) is 12.1 Å². The van der Waals surface area contributed by atoms with Gasteiger partial charge in [0.15, 0.2) is 0 Å². The van der Waals surface area contributed by atoms with Crippen LogP contribution in [0.2, 0.25) is 0 Å². The number of hydrogen-bond acceptors (Lipinski definition) is 4. The van der Waals surface area contributed by atoms with Crippen LogP contribution in [0.25, 0.3) is 10.9 Å². The number of carbonyl (C=O) groups is 2. The highest BCUT2D eigenvalue weighted by Gasteiger charge is 2.36. The van der Waals surface area contributed by atoms with Gasteiger partial charge < -0.3 is 14.2 Å². The van der Waals surface area contributed by atoms with Gasteiger partial charge in [-0.15, -0.1) is 0 Å². The van der Waals surface area contributed by atoms with Gasteiger partial charge in [0.25, 0.3) is 5.78 Å². The van der Waals surface area contributed by atoms with Crippen molar-refractivity contribution >= 4 is 28.5 Å². The summed E-state index contributed by atoms with van der Waals surface area (Å²) in [5, 5.41) is 1.10. The molecule has 0 spiro atoms. The minimum atomic E-state index is -0.776. The second kappa shape index (κ2) is 5.11. The van der Waals surface area contributed by atoms with Crippen LogP contribution in [0.5, 0.6) is 0 Å². The zero-order chi connectivity index (χ0) is 16.1. The Hall–Kier alpha value is -2.30. The number of nitrogens with zero attached hydrogens (tertiary/aromatic N) is 2. The number of esters is 1. The number of fused-ring (bicyclic) bond motifs is 3. The lowest BCUT2D eigenvalue weighted by molar-refractivity contribution is -0.137. The van der Waals surface area contributed by atoms with Crippen LogP contribution in [0.4, 0.5) is 5.82 Å². The highest BCUT2D eigenvalue weighted by Crippen LogP contribution is 2.47. The number of rotatable bonds is 3. The molecule has 4 heterocycles. The smallest absolute Gasteiger partial charge is 0.379 e. The average molecular weight is 312 g/mol. The molecule has 2 aromatic rings. The topological polar surface area (TPSA) is 51.5 Å². The van der Waals surface area contributed by atoms with Gasteiger partial charge in [0.1, 0.15) is 5.82 Å². The predicted molar refractivity (Wildman–Crippen MR) is 88.1 cm³/mol. The van der Waals surface area contributed by atoms with Crippen LogP contribution in [-0.4, -0.2) is 36.0 Å². The van der Waals surface area contributed by atoms with E-state index in [1.54, 1.807) is 13.0 Å². The second-order valence-corrected chi connectivity index (χ2v) is 6.31. The van der Waals surface area contributed by atoms with Crippen LogP contribution < -0.4 is 4.90 Å². The number of piperidine rings is 1. The van der Waals surface area contributed by atoms with Crippen molar-refractivity contribution in [3.8, 4) is 0 Å². The van der Waals surface area contributed by atoms with E-state index in [-0.39, 0.29) is 6.61 Å². The minimum absolute atomic E-state index is 0.208. The maximum absolute atomic E-state index is 12.5. The molecule has 5 rings (SSSR count). The summed E-state index contributed by atoms with van der Waals surface area (Å²) in [6.45, 7) is 4.06. The van der Waals surface area contributed by atoms with Gasteiger partial charge in [-0.3, -0.25) is 4.79 Å².